The van der Waals surface area contributed by atoms with E-state index in [0.717, 1.165) is 33.7 Å². The number of carbonyl (C=O) groups is 1. The Morgan fingerprint density at radius 2 is 1.74 bits per heavy atom. The summed E-state index contributed by atoms with van der Waals surface area (Å²) in [6.45, 7) is 4.25. The Morgan fingerprint density at radius 1 is 1.07 bits per heavy atom. The summed E-state index contributed by atoms with van der Waals surface area (Å²) in [6, 6.07) is 16.6. The summed E-state index contributed by atoms with van der Waals surface area (Å²) in [5.74, 6) is 1.06. The minimum atomic E-state index is -4.75. The molecular weight excluding hydrogens is 601 g/mol. The molecule has 1 saturated heterocycles. The smallest absolute Gasteiger partial charge is 0.497 e. The molecule has 43 heavy (non-hydrogen) atoms. The number of halogens is 3. The van der Waals surface area contributed by atoms with Crippen LogP contribution in [0.3, 0.4) is 0 Å². The summed E-state index contributed by atoms with van der Waals surface area (Å²) in [7, 11) is 1.60. The van der Waals surface area contributed by atoms with Gasteiger partial charge in [0.25, 0.3) is 0 Å². The van der Waals surface area contributed by atoms with Crippen molar-refractivity contribution in [1.29, 1.82) is 0 Å². The first-order valence-corrected chi connectivity index (χ1v) is 14.2. The number of aromatic nitrogens is 3. The van der Waals surface area contributed by atoms with Crippen molar-refractivity contribution in [3.05, 3.63) is 83.7 Å². The van der Waals surface area contributed by atoms with E-state index in [0.29, 0.717) is 23.2 Å². The molecule has 0 spiro atoms. The van der Waals surface area contributed by atoms with Crippen molar-refractivity contribution in [2.45, 2.75) is 26.8 Å². The third-order valence-corrected chi connectivity index (χ3v) is 7.53. The Balaban J connectivity index is 1.22. The summed E-state index contributed by atoms with van der Waals surface area (Å²) in [4.78, 5) is 23.2. The summed E-state index contributed by atoms with van der Waals surface area (Å²) in [6.07, 6.45) is -3.28. The van der Waals surface area contributed by atoms with E-state index in [2.05, 4.69) is 25.1 Å². The van der Waals surface area contributed by atoms with Crippen molar-refractivity contribution in [3.8, 4) is 28.6 Å². The van der Waals surface area contributed by atoms with Crippen LogP contribution in [0, 0.1) is 13.8 Å². The second-order valence-corrected chi connectivity index (χ2v) is 10.8. The fourth-order valence-corrected chi connectivity index (χ4v) is 5.52. The van der Waals surface area contributed by atoms with Gasteiger partial charge in [-0.15, -0.1) is 18.3 Å². The Kier molecular flexibility index (Phi) is 8.69. The highest BCUT2D eigenvalue weighted by Crippen LogP contribution is 2.35. The van der Waals surface area contributed by atoms with Gasteiger partial charge in [0.2, 0.25) is 5.91 Å². The van der Waals surface area contributed by atoms with Gasteiger partial charge in [0.05, 0.1) is 24.2 Å². The molecule has 0 unspecified atom stereocenters. The van der Waals surface area contributed by atoms with Gasteiger partial charge in [0.1, 0.15) is 17.8 Å². The van der Waals surface area contributed by atoms with Crippen LogP contribution < -0.4 is 19.7 Å². The van der Waals surface area contributed by atoms with Gasteiger partial charge in [-0.25, -0.2) is 9.67 Å². The van der Waals surface area contributed by atoms with Gasteiger partial charge >= 0.3 is 6.36 Å². The van der Waals surface area contributed by atoms with Gasteiger partial charge in [-0.1, -0.05) is 36.0 Å². The number of benzene rings is 3. The van der Waals surface area contributed by atoms with Crippen molar-refractivity contribution in [1.82, 2.24) is 20.1 Å². The molecule has 3 aromatic carbocycles. The third-order valence-electron chi connectivity index (χ3n) is 6.37. The number of hydrogen-bond donors (Lipinski definition) is 1. The highest BCUT2D eigenvalue weighted by Gasteiger charge is 2.32. The molecule has 1 fully saturated rings. The Morgan fingerprint density at radius 3 is 2.37 bits per heavy atom. The van der Waals surface area contributed by atoms with Crippen LogP contribution in [0.2, 0.25) is 0 Å². The summed E-state index contributed by atoms with van der Waals surface area (Å²) < 4.78 is 47.9. The lowest BCUT2D eigenvalue weighted by molar-refractivity contribution is -0.274. The van der Waals surface area contributed by atoms with Crippen molar-refractivity contribution in [3.63, 3.8) is 0 Å². The largest absolute Gasteiger partial charge is 0.573 e. The number of aliphatic imine (C=N–C) groups is 1. The number of nitrogens with zero attached hydrogens (tertiary/aromatic N) is 5. The zero-order valence-corrected chi connectivity index (χ0v) is 24.8. The van der Waals surface area contributed by atoms with E-state index in [-0.39, 0.29) is 22.5 Å². The SMILES string of the molecule is COc1cc(C)c(N2C(=O)CSC2=NC(=S)NCc2ccc(-c3ncn(-c4ccc(OC(F)(F)F)cc4)n3)cc2)c(C)c1. The lowest BCUT2D eigenvalue weighted by atomic mass is 10.1. The average molecular weight is 627 g/mol. The predicted octanol–water partition coefficient (Wildman–Crippen LogP) is 5.97. The predicted molar refractivity (Wildman–Crippen MR) is 163 cm³/mol. The number of methoxy groups -OCH3 is 1. The quantitative estimate of drug-likeness (QED) is 0.251. The second-order valence-electron chi connectivity index (χ2n) is 9.43. The van der Waals surface area contributed by atoms with Gasteiger partial charge in [0.15, 0.2) is 16.1 Å². The molecule has 4 aromatic rings. The molecule has 1 aliphatic heterocycles. The maximum atomic E-state index is 12.8. The number of ether oxygens (including phenoxy) is 2. The van der Waals surface area contributed by atoms with Gasteiger partial charge in [-0.05, 0) is 79.2 Å². The van der Waals surface area contributed by atoms with Crippen molar-refractivity contribution in [2.75, 3.05) is 17.8 Å². The Bertz CT molecular complexity index is 1670. The van der Waals surface area contributed by atoms with E-state index in [1.165, 1.54) is 47.0 Å². The number of nitrogens with one attached hydrogen (secondary N) is 1. The molecule has 2 heterocycles. The molecule has 0 atom stereocenters. The molecular formula is C29H25F3N6O3S2. The molecule has 14 heteroatoms. The zero-order valence-electron chi connectivity index (χ0n) is 23.2. The first-order valence-electron chi connectivity index (χ1n) is 12.9. The van der Waals surface area contributed by atoms with Crippen LogP contribution in [0.1, 0.15) is 16.7 Å². The van der Waals surface area contributed by atoms with Crippen molar-refractivity contribution < 1.29 is 27.4 Å². The van der Waals surface area contributed by atoms with E-state index in [4.69, 9.17) is 17.0 Å². The highest BCUT2D eigenvalue weighted by molar-refractivity contribution is 8.15. The molecule has 0 aliphatic carbocycles. The number of aryl methyl sites for hydroxylation is 2. The van der Waals surface area contributed by atoms with Crippen LogP contribution in [0.25, 0.3) is 17.1 Å². The number of anilines is 1. The van der Waals surface area contributed by atoms with Crippen LogP contribution in [-0.2, 0) is 11.3 Å². The number of rotatable bonds is 7. The lowest BCUT2D eigenvalue weighted by Crippen LogP contribution is -2.32. The van der Waals surface area contributed by atoms with Crippen molar-refractivity contribution >= 4 is 45.9 Å². The molecule has 5 rings (SSSR count). The maximum absolute atomic E-state index is 12.8. The average Bonchev–Trinajstić information content (AvgIpc) is 3.59. The van der Waals surface area contributed by atoms with Crippen LogP contribution in [0.5, 0.6) is 11.5 Å². The van der Waals surface area contributed by atoms with Crippen LogP contribution >= 0.6 is 24.0 Å². The number of carbonyl (C=O) groups excluding carboxylic acids is 1. The van der Waals surface area contributed by atoms with Crippen LogP contribution in [0.4, 0.5) is 18.9 Å². The molecule has 1 aliphatic rings. The molecule has 0 saturated carbocycles. The van der Waals surface area contributed by atoms with E-state index in [1.807, 2.05) is 50.2 Å². The minimum absolute atomic E-state index is 0.0676. The van der Waals surface area contributed by atoms with Gasteiger partial charge in [-0.2, -0.15) is 4.99 Å². The first kappa shape index (κ1) is 30.0. The van der Waals surface area contributed by atoms with E-state index < -0.39 is 6.36 Å². The van der Waals surface area contributed by atoms with Gasteiger partial charge < -0.3 is 14.8 Å². The number of hydrogen-bond acceptors (Lipinski definition) is 7. The van der Waals surface area contributed by atoms with Gasteiger partial charge in [-0.3, -0.25) is 9.69 Å². The molecule has 9 nitrogen and oxygen atoms in total. The minimum Gasteiger partial charge on any atom is -0.497 e. The summed E-state index contributed by atoms with van der Waals surface area (Å²) >= 11 is 6.80. The molecule has 222 valence electrons. The monoisotopic (exact) mass is 626 g/mol. The summed E-state index contributed by atoms with van der Waals surface area (Å²) in [5, 5.41) is 8.31. The lowest BCUT2D eigenvalue weighted by Gasteiger charge is -2.21. The Hall–Kier alpha value is -4.43. The van der Waals surface area contributed by atoms with Crippen LogP contribution in [0.15, 0.2) is 72.0 Å². The topological polar surface area (TPSA) is 93.9 Å². The second kappa shape index (κ2) is 12.4. The van der Waals surface area contributed by atoms with E-state index in [9.17, 15) is 18.0 Å². The molecule has 0 radical (unpaired) electrons. The molecule has 1 amide bonds. The van der Waals surface area contributed by atoms with Crippen LogP contribution in [-0.4, -0.2) is 50.2 Å². The zero-order chi connectivity index (χ0) is 30.7. The number of thiocarbonyl (C=S) groups is 1. The molecule has 0 bridgehead atoms. The third kappa shape index (κ3) is 7.14. The fraction of sp³-hybridized carbons (Fsp3) is 0.207. The fourth-order valence-electron chi connectivity index (χ4n) is 4.45. The summed E-state index contributed by atoms with van der Waals surface area (Å²) in [5.41, 5.74) is 4.78. The Labute approximate surface area is 254 Å². The number of amidine groups is 1. The van der Waals surface area contributed by atoms with Crippen molar-refractivity contribution in [2.24, 2.45) is 4.99 Å². The van der Waals surface area contributed by atoms with E-state index >= 15 is 0 Å². The molecule has 1 aromatic heterocycles. The number of thioether (sulfide) groups is 1. The highest BCUT2D eigenvalue weighted by atomic mass is 32.2. The standard InChI is InChI=1S/C29H25F3N6O3S2/c1-17-12-23(40-3)13-18(2)25(17)38-24(39)15-43-28(38)35-27(42)33-14-19-4-6-20(7-5-19)26-34-16-37(36-26)21-8-10-22(11-9-21)41-29(30,31)32/h4-13,16H,14-15H2,1-3H3,(H,33,42). The number of amides is 1. The first-order chi connectivity index (χ1) is 20.5. The van der Waals surface area contributed by atoms with E-state index in [1.54, 1.807) is 12.0 Å². The molecule has 1 N–H and O–H groups in total. The maximum Gasteiger partial charge on any atom is 0.573 e. The van der Waals surface area contributed by atoms with Gasteiger partial charge in [0, 0.05) is 12.1 Å². The normalized spacial score (nSPS) is 14.3. The number of alkyl halides is 3.